The van der Waals surface area contributed by atoms with Crippen molar-refractivity contribution in [2.75, 3.05) is 6.54 Å². The van der Waals surface area contributed by atoms with Crippen molar-refractivity contribution in [1.29, 1.82) is 0 Å². The van der Waals surface area contributed by atoms with E-state index in [2.05, 4.69) is 17.2 Å². The van der Waals surface area contributed by atoms with Gasteiger partial charge in [0.05, 0.1) is 5.41 Å². The summed E-state index contributed by atoms with van der Waals surface area (Å²) in [5.41, 5.74) is -0.271. The molecule has 25 heavy (non-hydrogen) atoms. The quantitative estimate of drug-likeness (QED) is 0.602. The molecule has 2 saturated carbocycles. The molecule has 1 aromatic carbocycles. The Balaban J connectivity index is 1.66. The average molecular weight is 365 g/mol. The molecule has 2 atom stereocenters. The lowest BCUT2D eigenvalue weighted by Gasteiger charge is -2.48. The first-order chi connectivity index (χ1) is 11.7. The van der Waals surface area contributed by atoms with E-state index in [0.29, 0.717) is 19.4 Å². The third-order valence-electron chi connectivity index (χ3n) is 5.54. The minimum Gasteiger partial charge on any atom is -0.353 e. The Morgan fingerprint density at radius 1 is 1.36 bits per heavy atom. The molecule has 2 fully saturated rings. The van der Waals surface area contributed by atoms with Crippen LogP contribution in [0.5, 0.6) is 0 Å². The molecule has 0 aromatic heterocycles. The van der Waals surface area contributed by atoms with Gasteiger partial charge in [0.15, 0.2) is 5.13 Å². The molecule has 2 aliphatic carbocycles. The summed E-state index contributed by atoms with van der Waals surface area (Å²) in [6.45, 7) is 5.47. The molecule has 2 amide bonds. The highest BCUT2D eigenvalue weighted by Crippen LogP contribution is 2.62. The molecule has 2 aliphatic rings. The molecule has 134 valence electrons. The minimum atomic E-state index is -1.94. The first-order valence-electron chi connectivity index (χ1n) is 8.37. The summed E-state index contributed by atoms with van der Waals surface area (Å²) in [4.78, 5) is 23.8. The van der Waals surface area contributed by atoms with Crippen molar-refractivity contribution in [3.05, 3.63) is 48.6 Å². The van der Waals surface area contributed by atoms with E-state index in [4.69, 9.17) is 11.6 Å². The summed E-state index contributed by atoms with van der Waals surface area (Å²) < 4.78 is 13.8. The largest absolute Gasteiger partial charge is 0.353 e. The predicted molar refractivity (Wildman–Crippen MR) is 94.9 cm³/mol. The van der Waals surface area contributed by atoms with Crippen molar-refractivity contribution in [2.24, 2.45) is 5.41 Å². The molecule has 0 aliphatic heterocycles. The number of hydrogen-bond donors (Lipinski definition) is 2. The van der Waals surface area contributed by atoms with Gasteiger partial charge in [0.1, 0.15) is 0 Å². The van der Waals surface area contributed by atoms with Gasteiger partial charge in [-0.2, -0.15) is 0 Å². The number of carbonyl (C=O) groups is 2. The SMILES string of the molecule is C=CC(=O)NCC1(c2ccccc2)CC(NC(=O)C2(C)CC2(F)Cl)C1. The van der Waals surface area contributed by atoms with Gasteiger partial charge >= 0.3 is 0 Å². The Bertz CT molecular complexity index is 701. The van der Waals surface area contributed by atoms with Crippen molar-refractivity contribution in [3.63, 3.8) is 0 Å². The highest BCUT2D eigenvalue weighted by molar-refractivity contribution is 6.28. The normalized spacial score (nSPS) is 36.0. The zero-order valence-electron chi connectivity index (χ0n) is 14.1. The van der Waals surface area contributed by atoms with Gasteiger partial charge in [-0.3, -0.25) is 9.59 Å². The van der Waals surface area contributed by atoms with Gasteiger partial charge in [-0.25, -0.2) is 4.39 Å². The fourth-order valence-corrected chi connectivity index (χ4v) is 3.93. The molecular formula is C19H22ClFN2O2. The van der Waals surface area contributed by atoms with Crippen molar-refractivity contribution in [2.45, 2.75) is 42.8 Å². The number of rotatable bonds is 6. The standard InChI is InChI=1S/C19H22ClFN2O2/c1-3-15(24)22-12-18(13-7-5-4-6-8-13)9-14(10-18)23-16(25)17(2)11-19(17,20)21/h3-8,14H,1,9-12H2,2H3,(H,22,24)(H,23,25). The average Bonchev–Trinajstić information content (AvgIpc) is 3.09. The molecule has 2 N–H and O–H groups in total. The topological polar surface area (TPSA) is 58.2 Å². The van der Waals surface area contributed by atoms with Gasteiger partial charge < -0.3 is 10.6 Å². The Hall–Kier alpha value is -1.88. The van der Waals surface area contributed by atoms with Crippen LogP contribution < -0.4 is 10.6 Å². The van der Waals surface area contributed by atoms with E-state index in [1.165, 1.54) is 6.08 Å². The Labute approximate surface area is 151 Å². The van der Waals surface area contributed by atoms with Gasteiger partial charge in [-0.1, -0.05) is 48.5 Å². The summed E-state index contributed by atoms with van der Waals surface area (Å²) in [6, 6.07) is 9.82. The number of alkyl halides is 2. The Kier molecular flexibility index (Phi) is 4.40. The molecule has 2 unspecified atom stereocenters. The molecule has 0 saturated heterocycles. The molecule has 1 aromatic rings. The van der Waals surface area contributed by atoms with Crippen LogP contribution in [0.15, 0.2) is 43.0 Å². The van der Waals surface area contributed by atoms with Crippen LogP contribution >= 0.6 is 11.6 Å². The fourth-order valence-electron chi connectivity index (χ4n) is 3.58. The predicted octanol–water partition coefficient (Wildman–Crippen LogP) is 2.82. The van der Waals surface area contributed by atoms with Crippen molar-refractivity contribution in [3.8, 4) is 0 Å². The van der Waals surface area contributed by atoms with E-state index in [1.807, 2.05) is 30.3 Å². The lowest BCUT2D eigenvalue weighted by Crippen LogP contribution is -2.58. The van der Waals surface area contributed by atoms with Crippen LogP contribution in [0.4, 0.5) is 4.39 Å². The zero-order valence-corrected chi connectivity index (χ0v) is 14.9. The smallest absolute Gasteiger partial charge is 0.243 e. The maximum absolute atomic E-state index is 13.8. The van der Waals surface area contributed by atoms with Crippen LogP contribution in [-0.4, -0.2) is 29.5 Å². The molecule has 0 spiro atoms. The number of benzene rings is 1. The van der Waals surface area contributed by atoms with Gasteiger partial charge in [0, 0.05) is 24.4 Å². The van der Waals surface area contributed by atoms with Gasteiger partial charge in [0.2, 0.25) is 11.8 Å². The second kappa shape index (κ2) is 6.13. The first kappa shape index (κ1) is 17.9. The number of carbonyl (C=O) groups excluding carboxylic acids is 2. The molecule has 6 heteroatoms. The van der Waals surface area contributed by atoms with Gasteiger partial charge in [-0.05, 0) is 31.4 Å². The number of amides is 2. The van der Waals surface area contributed by atoms with Crippen molar-refractivity contribution < 1.29 is 14.0 Å². The van der Waals surface area contributed by atoms with Gasteiger partial charge in [0.25, 0.3) is 0 Å². The summed E-state index contributed by atoms with van der Waals surface area (Å²) in [5, 5.41) is 3.82. The monoisotopic (exact) mass is 364 g/mol. The number of hydrogen-bond acceptors (Lipinski definition) is 2. The lowest BCUT2D eigenvalue weighted by atomic mass is 9.61. The molecule has 0 radical (unpaired) electrons. The minimum absolute atomic E-state index is 0.0410. The number of nitrogens with one attached hydrogen (secondary N) is 2. The Morgan fingerprint density at radius 3 is 2.48 bits per heavy atom. The number of halogens is 2. The molecule has 3 rings (SSSR count). The maximum atomic E-state index is 13.8. The fraction of sp³-hybridized carbons (Fsp3) is 0.474. The second-order valence-electron chi connectivity index (χ2n) is 7.36. The van der Waals surface area contributed by atoms with E-state index < -0.39 is 10.5 Å². The molecule has 4 nitrogen and oxygen atoms in total. The zero-order chi connectivity index (χ0) is 18.3. The molecule has 0 bridgehead atoms. The summed E-state index contributed by atoms with van der Waals surface area (Å²) >= 11 is 5.66. The second-order valence-corrected chi connectivity index (χ2v) is 7.96. The van der Waals surface area contributed by atoms with E-state index in [9.17, 15) is 14.0 Å². The summed E-state index contributed by atoms with van der Waals surface area (Å²) in [6.07, 6.45) is 2.64. The van der Waals surface area contributed by atoms with Crippen LogP contribution in [-0.2, 0) is 15.0 Å². The highest BCUT2D eigenvalue weighted by atomic mass is 35.5. The molecule has 0 heterocycles. The van der Waals surface area contributed by atoms with E-state index >= 15 is 0 Å². The molecular weight excluding hydrogens is 343 g/mol. The Morgan fingerprint density at radius 2 is 1.96 bits per heavy atom. The van der Waals surface area contributed by atoms with Crippen LogP contribution in [0.2, 0.25) is 0 Å². The third-order valence-corrected chi connectivity index (χ3v) is 6.09. The third kappa shape index (κ3) is 3.17. The van der Waals surface area contributed by atoms with Crippen LogP contribution in [0.1, 0.15) is 31.7 Å². The van der Waals surface area contributed by atoms with Gasteiger partial charge in [-0.15, -0.1) is 0 Å². The highest BCUT2D eigenvalue weighted by Gasteiger charge is 2.70. The van der Waals surface area contributed by atoms with E-state index in [1.54, 1.807) is 6.92 Å². The van der Waals surface area contributed by atoms with Crippen molar-refractivity contribution >= 4 is 23.4 Å². The first-order valence-corrected chi connectivity index (χ1v) is 8.75. The summed E-state index contributed by atoms with van der Waals surface area (Å²) in [7, 11) is 0. The van der Waals surface area contributed by atoms with Crippen LogP contribution in [0, 0.1) is 5.41 Å². The van der Waals surface area contributed by atoms with E-state index in [0.717, 1.165) is 5.56 Å². The summed E-state index contributed by atoms with van der Waals surface area (Å²) in [5.74, 6) is -0.565. The van der Waals surface area contributed by atoms with Crippen LogP contribution in [0.3, 0.4) is 0 Å². The lowest BCUT2D eigenvalue weighted by molar-refractivity contribution is -0.128. The van der Waals surface area contributed by atoms with Crippen LogP contribution in [0.25, 0.3) is 0 Å². The van der Waals surface area contributed by atoms with E-state index in [-0.39, 0.29) is 29.7 Å². The van der Waals surface area contributed by atoms with Crippen molar-refractivity contribution in [1.82, 2.24) is 10.6 Å². The maximum Gasteiger partial charge on any atom is 0.243 e.